The van der Waals surface area contributed by atoms with Crippen molar-refractivity contribution in [3.63, 3.8) is 0 Å². The smallest absolute Gasteiger partial charge is 0.157 e. The molecule has 13 heavy (non-hydrogen) atoms. The Labute approximate surface area is 79.6 Å². The Hall–Kier alpha value is -0.480. The van der Waals surface area contributed by atoms with Gasteiger partial charge in [0.15, 0.2) is 6.29 Å². The Balaban J connectivity index is 3.82. The van der Waals surface area contributed by atoms with E-state index in [9.17, 15) is 4.91 Å². The van der Waals surface area contributed by atoms with Gasteiger partial charge in [0.25, 0.3) is 0 Å². The zero-order chi connectivity index (χ0) is 10.1. The number of ether oxygens (including phenoxy) is 2. The standard InChI is InChI=1S/C9H19NO3/c1-4-5-8(7-10-11)6-9(12-2)13-3/h8-9H,4-7H2,1-3H3/t8-/m1/s1. The maximum Gasteiger partial charge on any atom is 0.157 e. The second-order valence-corrected chi connectivity index (χ2v) is 3.10. The van der Waals surface area contributed by atoms with Crippen molar-refractivity contribution in [2.24, 2.45) is 11.1 Å². The third-order valence-corrected chi connectivity index (χ3v) is 2.08. The summed E-state index contributed by atoms with van der Waals surface area (Å²) >= 11 is 0. The van der Waals surface area contributed by atoms with Crippen LogP contribution in [0.2, 0.25) is 0 Å². The molecule has 0 saturated carbocycles. The molecule has 4 nitrogen and oxygen atoms in total. The second kappa shape index (κ2) is 8.13. The van der Waals surface area contributed by atoms with E-state index in [0.29, 0.717) is 6.54 Å². The van der Waals surface area contributed by atoms with Gasteiger partial charge in [0.2, 0.25) is 0 Å². The number of nitrogens with zero attached hydrogens (tertiary/aromatic N) is 1. The van der Waals surface area contributed by atoms with Crippen LogP contribution in [0.4, 0.5) is 0 Å². The summed E-state index contributed by atoms with van der Waals surface area (Å²) in [6.07, 6.45) is 2.58. The largest absolute Gasteiger partial charge is 0.356 e. The van der Waals surface area contributed by atoms with Crippen LogP contribution >= 0.6 is 0 Å². The van der Waals surface area contributed by atoms with Crippen molar-refractivity contribution in [3.8, 4) is 0 Å². The lowest BCUT2D eigenvalue weighted by atomic mass is 10.00. The minimum atomic E-state index is -0.210. The van der Waals surface area contributed by atoms with Gasteiger partial charge in [0.1, 0.15) is 0 Å². The lowest BCUT2D eigenvalue weighted by molar-refractivity contribution is -0.113. The first-order valence-electron chi connectivity index (χ1n) is 4.63. The molecule has 0 spiro atoms. The third kappa shape index (κ3) is 5.71. The monoisotopic (exact) mass is 189 g/mol. The summed E-state index contributed by atoms with van der Waals surface area (Å²) in [6, 6.07) is 0. The molecule has 0 aromatic carbocycles. The first-order chi connectivity index (χ1) is 6.28. The van der Waals surface area contributed by atoms with Crippen molar-refractivity contribution >= 4 is 0 Å². The van der Waals surface area contributed by atoms with E-state index in [2.05, 4.69) is 12.1 Å². The molecule has 0 aromatic rings. The van der Waals surface area contributed by atoms with Crippen LogP contribution in [0.5, 0.6) is 0 Å². The Kier molecular flexibility index (Phi) is 7.83. The highest BCUT2D eigenvalue weighted by molar-refractivity contribution is 4.63. The molecule has 0 bridgehead atoms. The fourth-order valence-corrected chi connectivity index (χ4v) is 1.36. The molecule has 4 heteroatoms. The molecular formula is C9H19NO3. The normalized spacial score (nSPS) is 13.2. The number of hydrogen-bond acceptors (Lipinski definition) is 4. The molecule has 0 N–H and O–H groups in total. The molecular weight excluding hydrogens is 170 g/mol. The number of nitroso groups, excluding NO2 is 1. The molecule has 0 aliphatic rings. The van der Waals surface area contributed by atoms with E-state index in [1.807, 2.05) is 0 Å². The third-order valence-electron chi connectivity index (χ3n) is 2.08. The molecule has 0 amide bonds. The van der Waals surface area contributed by atoms with Crippen LogP contribution in [0, 0.1) is 10.8 Å². The summed E-state index contributed by atoms with van der Waals surface area (Å²) in [7, 11) is 3.21. The van der Waals surface area contributed by atoms with Gasteiger partial charge in [-0.1, -0.05) is 18.5 Å². The summed E-state index contributed by atoms with van der Waals surface area (Å²) in [5, 5.41) is 2.92. The van der Waals surface area contributed by atoms with E-state index >= 15 is 0 Å². The van der Waals surface area contributed by atoms with Gasteiger partial charge < -0.3 is 9.47 Å². The van der Waals surface area contributed by atoms with Gasteiger partial charge in [0.05, 0.1) is 6.54 Å². The highest BCUT2D eigenvalue weighted by atomic mass is 16.7. The Morgan fingerprint density at radius 2 is 1.92 bits per heavy atom. The second-order valence-electron chi connectivity index (χ2n) is 3.10. The molecule has 0 aliphatic carbocycles. The first-order valence-corrected chi connectivity index (χ1v) is 4.63. The van der Waals surface area contributed by atoms with Gasteiger partial charge in [-0.2, -0.15) is 4.91 Å². The van der Waals surface area contributed by atoms with Crippen LogP contribution in [-0.2, 0) is 9.47 Å². The molecule has 0 fully saturated rings. The molecule has 0 radical (unpaired) electrons. The van der Waals surface area contributed by atoms with Crippen LogP contribution in [0.15, 0.2) is 5.18 Å². The van der Waals surface area contributed by atoms with Crippen molar-refractivity contribution in [1.82, 2.24) is 0 Å². The number of rotatable bonds is 8. The van der Waals surface area contributed by atoms with E-state index in [4.69, 9.17) is 9.47 Å². The van der Waals surface area contributed by atoms with Gasteiger partial charge in [-0.15, -0.1) is 0 Å². The maximum absolute atomic E-state index is 10.1. The van der Waals surface area contributed by atoms with Gasteiger partial charge in [0, 0.05) is 20.6 Å². The Morgan fingerprint density at radius 1 is 1.31 bits per heavy atom. The van der Waals surface area contributed by atoms with Crippen LogP contribution < -0.4 is 0 Å². The molecule has 78 valence electrons. The molecule has 0 aliphatic heterocycles. The van der Waals surface area contributed by atoms with E-state index < -0.39 is 0 Å². The average molecular weight is 189 g/mol. The van der Waals surface area contributed by atoms with E-state index in [1.54, 1.807) is 14.2 Å². The van der Waals surface area contributed by atoms with Crippen LogP contribution in [0.3, 0.4) is 0 Å². The lowest BCUT2D eigenvalue weighted by Crippen LogP contribution is -2.19. The summed E-state index contributed by atoms with van der Waals surface area (Å²) in [6.45, 7) is 2.45. The van der Waals surface area contributed by atoms with Gasteiger partial charge in [-0.25, -0.2) is 0 Å². The zero-order valence-corrected chi connectivity index (χ0v) is 8.66. The zero-order valence-electron chi connectivity index (χ0n) is 8.66. The highest BCUT2D eigenvalue weighted by Crippen LogP contribution is 2.15. The van der Waals surface area contributed by atoms with E-state index in [1.165, 1.54) is 0 Å². The van der Waals surface area contributed by atoms with Gasteiger partial charge in [-0.3, -0.25) is 0 Å². The first kappa shape index (κ1) is 12.5. The molecule has 1 atom stereocenters. The average Bonchev–Trinajstić information content (AvgIpc) is 2.14. The molecule has 0 heterocycles. The van der Waals surface area contributed by atoms with Crippen LogP contribution in [0.25, 0.3) is 0 Å². The number of methoxy groups -OCH3 is 2. The Bertz CT molecular complexity index is 126. The Morgan fingerprint density at radius 3 is 2.31 bits per heavy atom. The van der Waals surface area contributed by atoms with Crippen molar-refractivity contribution in [2.45, 2.75) is 32.5 Å². The van der Waals surface area contributed by atoms with Crippen molar-refractivity contribution in [3.05, 3.63) is 4.91 Å². The SMILES string of the molecule is CCC[C@@H](CN=O)CC(OC)OC. The topological polar surface area (TPSA) is 47.9 Å². The fourth-order valence-electron chi connectivity index (χ4n) is 1.36. The molecule has 0 aromatic heterocycles. The molecule has 0 unspecified atom stereocenters. The van der Waals surface area contributed by atoms with Crippen molar-refractivity contribution < 1.29 is 9.47 Å². The predicted molar refractivity (Wildman–Crippen MR) is 51.5 cm³/mol. The van der Waals surface area contributed by atoms with Gasteiger partial charge >= 0.3 is 0 Å². The quantitative estimate of drug-likeness (QED) is 0.434. The lowest BCUT2D eigenvalue weighted by Gasteiger charge is -2.18. The van der Waals surface area contributed by atoms with Crippen LogP contribution in [0.1, 0.15) is 26.2 Å². The van der Waals surface area contributed by atoms with Crippen LogP contribution in [-0.4, -0.2) is 27.1 Å². The highest BCUT2D eigenvalue weighted by Gasteiger charge is 2.15. The maximum atomic E-state index is 10.1. The van der Waals surface area contributed by atoms with Crippen molar-refractivity contribution in [1.29, 1.82) is 0 Å². The number of hydrogen-bond donors (Lipinski definition) is 0. The summed E-state index contributed by atoms with van der Waals surface area (Å²) in [5.74, 6) is 0.285. The van der Waals surface area contributed by atoms with E-state index in [0.717, 1.165) is 19.3 Å². The summed E-state index contributed by atoms with van der Waals surface area (Å²) in [4.78, 5) is 10.1. The summed E-state index contributed by atoms with van der Waals surface area (Å²) < 4.78 is 10.1. The van der Waals surface area contributed by atoms with Crippen molar-refractivity contribution in [2.75, 3.05) is 20.8 Å². The minimum Gasteiger partial charge on any atom is -0.356 e. The minimum absolute atomic E-state index is 0.210. The fraction of sp³-hybridized carbons (Fsp3) is 1.00. The van der Waals surface area contributed by atoms with Gasteiger partial charge in [-0.05, 0) is 12.3 Å². The predicted octanol–water partition coefficient (Wildman–Crippen LogP) is 2.18. The summed E-state index contributed by atoms with van der Waals surface area (Å²) in [5.41, 5.74) is 0. The van der Waals surface area contributed by atoms with E-state index in [-0.39, 0.29) is 12.2 Å². The molecule has 0 saturated heterocycles. The molecule has 0 rings (SSSR count).